The SMILES string of the molecule is CCCNCc1nc2ccc(B3OC(C)(C)C(C)(C)O3)cc2[nH]1. The molecule has 0 amide bonds. The van der Waals surface area contributed by atoms with Crippen molar-refractivity contribution in [2.24, 2.45) is 0 Å². The van der Waals surface area contributed by atoms with Crippen molar-refractivity contribution in [2.75, 3.05) is 6.54 Å². The molecule has 0 radical (unpaired) electrons. The number of imidazole rings is 1. The summed E-state index contributed by atoms with van der Waals surface area (Å²) in [5.74, 6) is 0.958. The van der Waals surface area contributed by atoms with Gasteiger partial charge in [0.25, 0.3) is 0 Å². The molecule has 1 aliphatic rings. The quantitative estimate of drug-likeness (QED) is 0.657. The number of hydrogen-bond donors (Lipinski definition) is 2. The van der Waals surface area contributed by atoms with E-state index in [1.165, 1.54) is 0 Å². The lowest BCUT2D eigenvalue weighted by molar-refractivity contribution is 0.00578. The first-order valence-corrected chi connectivity index (χ1v) is 8.37. The summed E-state index contributed by atoms with van der Waals surface area (Å²) in [5, 5.41) is 3.36. The van der Waals surface area contributed by atoms with Crippen LogP contribution in [0.3, 0.4) is 0 Å². The Balaban J connectivity index is 1.81. The predicted octanol–water partition coefficient (Wildman–Crippen LogP) is 2.36. The maximum Gasteiger partial charge on any atom is 0.494 e. The molecule has 2 heterocycles. The summed E-state index contributed by atoms with van der Waals surface area (Å²) < 4.78 is 12.2. The van der Waals surface area contributed by atoms with Gasteiger partial charge in [-0.25, -0.2) is 4.98 Å². The van der Waals surface area contributed by atoms with Gasteiger partial charge in [0.2, 0.25) is 0 Å². The maximum absolute atomic E-state index is 6.12. The Labute approximate surface area is 138 Å². The summed E-state index contributed by atoms with van der Waals surface area (Å²) >= 11 is 0. The van der Waals surface area contributed by atoms with Crippen molar-refractivity contribution in [3.8, 4) is 0 Å². The molecule has 0 unspecified atom stereocenters. The molecule has 1 aromatic carbocycles. The molecule has 1 fully saturated rings. The Morgan fingerprint density at radius 3 is 2.52 bits per heavy atom. The highest BCUT2D eigenvalue weighted by molar-refractivity contribution is 6.62. The topological polar surface area (TPSA) is 59.2 Å². The molecule has 0 atom stereocenters. The molecule has 5 nitrogen and oxygen atoms in total. The smallest absolute Gasteiger partial charge is 0.399 e. The van der Waals surface area contributed by atoms with Crippen molar-refractivity contribution in [3.05, 3.63) is 24.0 Å². The highest BCUT2D eigenvalue weighted by Gasteiger charge is 2.51. The molecule has 1 aliphatic heterocycles. The second-order valence-corrected chi connectivity index (χ2v) is 7.23. The lowest BCUT2D eigenvalue weighted by atomic mass is 9.79. The fourth-order valence-electron chi connectivity index (χ4n) is 2.67. The van der Waals surface area contributed by atoms with Gasteiger partial charge in [-0.1, -0.05) is 13.0 Å². The number of aromatic nitrogens is 2. The van der Waals surface area contributed by atoms with Crippen LogP contribution in [0.4, 0.5) is 0 Å². The summed E-state index contributed by atoms with van der Waals surface area (Å²) in [7, 11) is -0.339. The summed E-state index contributed by atoms with van der Waals surface area (Å²) in [4.78, 5) is 7.98. The van der Waals surface area contributed by atoms with Crippen LogP contribution in [0.25, 0.3) is 11.0 Å². The van der Waals surface area contributed by atoms with Gasteiger partial charge in [0.1, 0.15) is 5.82 Å². The van der Waals surface area contributed by atoms with E-state index in [0.29, 0.717) is 0 Å². The summed E-state index contributed by atoms with van der Waals surface area (Å²) in [6.07, 6.45) is 1.12. The van der Waals surface area contributed by atoms with Gasteiger partial charge < -0.3 is 19.6 Å². The number of benzene rings is 1. The Bertz CT molecular complexity index is 680. The van der Waals surface area contributed by atoms with Crippen molar-refractivity contribution in [1.82, 2.24) is 15.3 Å². The zero-order valence-electron chi connectivity index (χ0n) is 14.7. The minimum Gasteiger partial charge on any atom is -0.399 e. The molecule has 1 aromatic heterocycles. The Morgan fingerprint density at radius 2 is 1.87 bits per heavy atom. The molecule has 1 saturated heterocycles. The molecule has 0 spiro atoms. The highest BCUT2D eigenvalue weighted by Crippen LogP contribution is 2.36. The predicted molar refractivity (Wildman–Crippen MR) is 93.8 cm³/mol. The third-order valence-electron chi connectivity index (χ3n) is 4.80. The molecule has 0 saturated carbocycles. The van der Waals surface area contributed by atoms with Crippen LogP contribution in [0.1, 0.15) is 46.9 Å². The first kappa shape index (κ1) is 16.5. The van der Waals surface area contributed by atoms with Crippen molar-refractivity contribution < 1.29 is 9.31 Å². The van der Waals surface area contributed by atoms with Gasteiger partial charge >= 0.3 is 7.12 Å². The first-order valence-electron chi connectivity index (χ1n) is 8.37. The van der Waals surface area contributed by atoms with E-state index in [9.17, 15) is 0 Å². The lowest BCUT2D eigenvalue weighted by Gasteiger charge is -2.32. The minimum atomic E-state index is -0.339. The standard InChI is InChI=1S/C17H26BN3O2/c1-6-9-19-11-15-20-13-8-7-12(10-14(13)21-15)18-22-16(2,3)17(4,5)23-18/h7-8,10,19H,6,9,11H2,1-5H3,(H,20,21). The van der Waals surface area contributed by atoms with Gasteiger partial charge in [-0.15, -0.1) is 0 Å². The largest absolute Gasteiger partial charge is 0.494 e. The van der Waals surface area contributed by atoms with Crippen LogP contribution in [0.2, 0.25) is 0 Å². The van der Waals surface area contributed by atoms with Gasteiger partial charge in [-0.05, 0) is 58.3 Å². The molecular weight excluding hydrogens is 289 g/mol. The second-order valence-electron chi connectivity index (χ2n) is 7.23. The number of H-pyrrole nitrogens is 1. The van der Waals surface area contributed by atoms with Crippen LogP contribution in [-0.4, -0.2) is 34.8 Å². The van der Waals surface area contributed by atoms with Crippen LogP contribution in [0.15, 0.2) is 18.2 Å². The van der Waals surface area contributed by atoms with Crippen LogP contribution in [-0.2, 0) is 15.9 Å². The molecule has 6 heteroatoms. The first-order chi connectivity index (χ1) is 10.8. The third-order valence-corrected chi connectivity index (χ3v) is 4.80. The van der Waals surface area contributed by atoms with Crippen molar-refractivity contribution in [3.63, 3.8) is 0 Å². The second kappa shape index (κ2) is 5.93. The summed E-state index contributed by atoms with van der Waals surface area (Å²) in [6, 6.07) is 6.14. The monoisotopic (exact) mass is 315 g/mol. The Hall–Kier alpha value is -1.37. The number of rotatable bonds is 5. The third kappa shape index (κ3) is 3.16. The van der Waals surface area contributed by atoms with E-state index >= 15 is 0 Å². The van der Waals surface area contributed by atoms with Crippen molar-refractivity contribution >= 4 is 23.6 Å². The summed E-state index contributed by atoms with van der Waals surface area (Å²) in [5.41, 5.74) is 2.36. The Kier molecular flexibility index (Phi) is 4.25. The zero-order valence-corrected chi connectivity index (χ0v) is 14.7. The molecule has 0 aliphatic carbocycles. The fraction of sp³-hybridized carbons (Fsp3) is 0.588. The van der Waals surface area contributed by atoms with Gasteiger partial charge in [0.05, 0.1) is 28.8 Å². The molecule has 2 aromatic rings. The van der Waals surface area contributed by atoms with Crippen LogP contribution in [0, 0.1) is 0 Å². The minimum absolute atomic E-state index is 0.324. The molecule has 0 bridgehead atoms. The van der Waals surface area contributed by atoms with E-state index in [1.54, 1.807) is 0 Å². The van der Waals surface area contributed by atoms with Gasteiger partial charge in [0, 0.05) is 0 Å². The lowest BCUT2D eigenvalue weighted by Crippen LogP contribution is -2.41. The number of fused-ring (bicyclic) bond motifs is 1. The average molecular weight is 315 g/mol. The molecular formula is C17H26BN3O2. The van der Waals surface area contributed by atoms with Gasteiger partial charge in [-0.3, -0.25) is 0 Å². The number of aromatic amines is 1. The van der Waals surface area contributed by atoms with E-state index in [2.05, 4.69) is 56.0 Å². The van der Waals surface area contributed by atoms with Crippen LogP contribution in [0.5, 0.6) is 0 Å². The Morgan fingerprint density at radius 1 is 1.17 bits per heavy atom. The van der Waals surface area contributed by atoms with Gasteiger partial charge in [0.15, 0.2) is 0 Å². The fourth-order valence-corrected chi connectivity index (χ4v) is 2.67. The van der Waals surface area contributed by atoms with Crippen LogP contribution >= 0.6 is 0 Å². The normalized spacial score (nSPS) is 19.6. The molecule has 2 N–H and O–H groups in total. The maximum atomic E-state index is 6.12. The highest BCUT2D eigenvalue weighted by atomic mass is 16.7. The van der Waals surface area contributed by atoms with Crippen molar-refractivity contribution in [2.45, 2.75) is 58.8 Å². The molecule has 124 valence electrons. The summed E-state index contributed by atoms with van der Waals surface area (Å²) in [6.45, 7) is 12.2. The number of nitrogens with zero attached hydrogens (tertiary/aromatic N) is 1. The van der Waals surface area contributed by atoms with Crippen LogP contribution < -0.4 is 10.8 Å². The van der Waals surface area contributed by atoms with E-state index in [4.69, 9.17) is 9.31 Å². The van der Waals surface area contributed by atoms with Crippen molar-refractivity contribution in [1.29, 1.82) is 0 Å². The number of nitrogens with one attached hydrogen (secondary N) is 2. The van der Waals surface area contributed by atoms with E-state index in [0.717, 1.165) is 41.8 Å². The zero-order chi connectivity index (χ0) is 16.7. The number of hydrogen-bond acceptors (Lipinski definition) is 4. The average Bonchev–Trinajstić information content (AvgIpc) is 2.96. The van der Waals surface area contributed by atoms with E-state index in [-0.39, 0.29) is 18.3 Å². The molecule has 3 rings (SSSR count). The van der Waals surface area contributed by atoms with E-state index in [1.807, 2.05) is 12.1 Å². The molecule has 23 heavy (non-hydrogen) atoms. The van der Waals surface area contributed by atoms with Gasteiger partial charge in [-0.2, -0.15) is 0 Å². The van der Waals surface area contributed by atoms with E-state index < -0.39 is 0 Å².